The van der Waals surface area contributed by atoms with Crippen LogP contribution >= 0.6 is 0 Å². The van der Waals surface area contributed by atoms with Crippen molar-refractivity contribution in [3.63, 3.8) is 0 Å². The number of rotatable bonds is 2. The van der Waals surface area contributed by atoms with Gasteiger partial charge in [-0.15, -0.1) is 0 Å². The highest BCUT2D eigenvalue weighted by atomic mass is 16.6. The van der Waals surface area contributed by atoms with Crippen LogP contribution in [0.25, 0.3) is 0 Å². The van der Waals surface area contributed by atoms with E-state index < -0.39 is 0 Å². The van der Waals surface area contributed by atoms with Crippen molar-refractivity contribution in [2.45, 2.75) is 31.8 Å². The Morgan fingerprint density at radius 2 is 2.05 bits per heavy atom. The topological polar surface area (TPSA) is 58.6 Å². The molecule has 2 fully saturated rings. The summed E-state index contributed by atoms with van der Waals surface area (Å²) in [5, 5.41) is 0. The predicted octanol–water partition coefficient (Wildman–Crippen LogP) is 1.63. The van der Waals surface area contributed by atoms with E-state index in [9.17, 15) is 4.79 Å². The average molecular weight is 276 g/mol. The molecular formula is C14H20N4O2. The van der Waals surface area contributed by atoms with Gasteiger partial charge in [0.15, 0.2) is 5.82 Å². The van der Waals surface area contributed by atoms with Crippen LogP contribution in [0.5, 0.6) is 0 Å². The number of anilines is 1. The molecule has 0 aliphatic carbocycles. The fourth-order valence-corrected chi connectivity index (χ4v) is 2.79. The Labute approximate surface area is 118 Å². The lowest BCUT2D eigenvalue weighted by Gasteiger charge is -2.28. The molecule has 20 heavy (non-hydrogen) atoms. The maximum absolute atomic E-state index is 11.7. The van der Waals surface area contributed by atoms with Gasteiger partial charge in [0.05, 0.1) is 18.4 Å². The number of aromatic nitrogens is 2. The Bertz CT molecular complexity index is 500. The van der Waals surface area contributed by atoms with E-state index in [4.69, 9.17) is 4.74 Å². The second kappa shape index (κ2) is 5.36. The number of likely N-dealkylation sites (tertiary alicyclic amines) is 1. The largest absolute Gasteiger partial charge is 0.444 e. The van der Waals surface area contributed by atoms with Gasteiger partial charge in [-0.1, -0.05) is 0 Å². The summed E-state index contributed by atoms with van der Waals surface area (Å²) < 4.78 is 5.14. The first kappa shape index (κ1) is 13.3. The van der Waals surface area contributed by atoms with Crippen molar-refractivity contribution in [1.82, 2.24) is 14.9 Å². The second-order valence-corrected chi connectivity index (χ2v) is 5.68. The number of ether oxygens (including phenoxy) is 1. The third-order valence-corrected chi connectivity index (χ3v) is 4.02. The van der Waals surface area contributed by atoms with Gasteiger partial charge in [0, 0.05) is 12.1 Å². The molecule has 0 bridgehead atoms. The number of hydrogen-bond donors (Lipinski definition) is 0. The first-order chi connectivity index (χ1) is 9.63. The van der Waals surface area contributed by atoms with Crippen molar-refractivity contribution in [3.8, 4) is 0 Å². The number of hydrogen-bond acceptors (Lipinski definition) is 5. The minimum Gasteiger partial charge on any atom is -0.444 e. The number of piperidine rings is 1. The summed E-state index contributed by atoms with van der Waals surface area (Å²) in [7, 11) is 2.14. The first-order valence-electron chi connectivity index (χ1n) is 7.12. The third kappa shape index (κ3) is 2.60. The van der Waals surface area contributed by atoms with Crippen LogP contribution in [0.15, 0.2) is 12.4 Å². The summed E-state index contributed by atoms with van der Waals surface area (Å²) in [5.41, 5.74) is 0.989. The van der Waals surface area contributed by atoms with E-state index in [1.807, 2.05) is 13.1 Å². The van der Waals surface area contributed by atoms with Gasteiger partial charge in [-0.3, -0.25) is 9.88 Å². The molecule has 3 heterocycles. The zero-order valence-corrected chi connectivity index (χ0v) is 12.0. The lowest BCUT2D eigenvalue weighted by atomic mass is 9.94. The zero-order chi connectivity index (χ0) is 14.1. The highest BCUT2D eigenvalue weighted by molar-refractivity contribution is 5.88. The number of carbonyl (C=O) groups excluding carboxylic acids is 1. The van der Waals surface area contributed by atoms with Gasteiger partial charge in [0.1, 0.15) is 6.10 Å². The number of amides is 1. The van der Waals surface area contributed by atoms with Gasteiger partial charge < -0.3 is 9.64 Å². The van der Waals surface area contributed by atoms with Gasteiger partial charge in [-0.05, 0) is 39.9 Å². The van der Waals surface area contributed by atoms with E-state index in [0.29, 0.717) is 18.3 Å². The van der Waals surface area contributed by atoms with Crippen molar-refractivity contribution in [2.75, 3.05) is 31.6 Å². The normalized spacial score (nSPS) is 25.0. The molecule has 0 unspecified atom stereocenters. The van der Waals surface area contributed by atoms with Crippen LogP contribution in [-0.4, -0.2) is 53.7 Å². The van der Waals surface area contributed by atoms with Crippen LogP contribution in [0.1, 0.15) is 31.4 Å². The van der Waals surface area contributed by atoms with Gasteiger partial charge in [-0.2, -0.15) is 0 Å². The van der Waals surface area contributed by atoms with Crippen molar-refractivity contribution >= 4 is 11.9 Å². The third-order valence-electron chi connectivity index (χ3n) is 4.02. The lowest BCUT2D eigenvalue weighted by molar-refractivity contribution is 0.150. The molecule has 1 amide bonds. The van der Waals surface area contributed by atoms with E-state index in [1.54, 1.807) is 11.1 Å². The van der Waals surface area contributed by atoms with Gasteiger partial charge >= 0.3 is 6.09 Å². The van der Waals surface area contributed by atoms with Gasteiger partial charge in [-0.25, -0.2) is 9.78 Å². The molecule has 0 radical (unpaired) electrons. The molecule has 1 aromatic rings. The molecule has 0 spiro atoms. The molecule has 6 heteroatoms. The Morgan fingerprint density at radius 3 is 2.70 bits per heavy atom. The molecule has 0 saturated carbocycles. The summed E-state index contributed by atoms with van der Waals surface area (Å²) in [6.45, 7) is 4.59. The smallest absolute Gasteiger partial charge is 0.415 e. The van der Waals surface area contributed by atoms with E-state index >= 15 is 0 Å². The molecule has 2 aliphatic heterocycles. The van der Waals surface area contributed by atoms with Crippen molar-refractivity contribution in [2.24, 2.45) is 0 Å². The Balaban J connectivity index is 1.78. The van der Waals surface area contributed by atoms with Crippen molar-refractivity contribution in [3.05, 3.63) is 18.1 Å². The monoisotopic (exact) mass is 276 g/mol. The summed E-state index contributed by atoms with van der Waals surface area (Å²) >= 11 is 0. The van der Waals surface area contributed by atoms with Crippen LogP contribution in [-0.2, 0) is 4.74 Å². The molecule has 1 atom stereocenters. The fraction of sp³-hybridized carbons (Fsp3) is 0.643. The lowest BCUT2D eigenvalue weighted by Crippen LogP contribution is -2.30. The highest BCUT2D eigenvalue weighted by Gasteiger charge is 2.31. The van der Waals surface area contributed by atoms with Crippen molar-refractivity contribution < 1.29 is 9.53 Å². The molecule has 3 rings (SSSR count). The molecule has 108 valence electrons. The number of cyclic esters (lactones) is 1. The minimum absolute atomic E-state index is 0.0868. The predicted molar refractivity (Wildman–Crippen MR) is 74.8 cm³/mol. The highest BCUT2D eigenvalue weighted by Crippen LogP contribution is 2.27. The van der Waals surface area contributed by atoms with Gasteiger partial charge in [0.25, 0.3) is 0 Å². The Kier molecular flexibility index (Phi) is 3.56. The van der Waals surface area contributed by atoms with Crippen LogP contribution in [0, 0.1) is 0 Å². The van der Waals surface area contributed by atoms with Gasteiger partial charge in [0.2, 0.25) is 0 Å². The average Bonchev–Trinajstić information content (AvgIpc) is 2.79. The van der Waals surface area contributed by atoms with E-state index in [-0.39, 0.29) is 12.2 Å². The summed E-state index contributed by atoms with van der Waals surface area (Å²) in [4.78, 5) is 24.5. The Morgan fingerprint density at radius 1 is 1.30 bits per heavy atom. The molecule has 1 aromatic heterocycles. The molecule has 0 N–H and O–H groups in total. The summed E-state index contributed by atoms with van der Waals surface area (Å²) in [6, 6.07) is 0. The standard InChI is InChI=1S/C14H20N4O2/c1-10-9-18(14(19)20-10)13-8-15-7-12(16-13)11-3-5-17(2)6-4-11/h7-8,10-11H,3-6,9H2,1-2H3/t10-/m1/s1. The SMILES string of the molecule is C[C@@H]1CN(c2cncc(C3CCN(C)CC3)n2)C(=O)O1. The second-order valence-electron chi connectivity index (χ2n) is 5.68. The number of nitrogens with zero attached hydrogens (tertiary/aromatic N) is 4. The maximum Gasteiger partial charge on any atom is 0.415 e. The van der Waals surface area contributed by atoms with E-state index in [2.05, 4.69) is 21.9 Å². The van der Waals surface area contributed by atoms with Crippen LogP contribution < -0.4 is 4.90 Å². The molecule has 6 nitrogen and oxygen atoms in total. The Hall–Kier alpha value is -1.69. The summed E-state index contributed by atoms with van der Waals surface area (Å²) in [6.07, 6.45) is 5.23. The van der Waals surface area contributed by atoms with E-state index in [1.165, 1.54) is 0 Å². The quantitative estimate of drug-likeness (QED) is 0.821. The molecular weight excluding hydrogens is 256 g/mol. The number of carbonyl (C=O) groups is 1. The van der Waals surface area contributed by atoms with Crippen LogP contribution in [0.4, 0.5) is 10.6 Å². The van der Waals surface area contributed by atoms with Crippen molar-refractivity contribution in [1.29, 1.82) is 0 Å². The molecule has 2 saturated heterocycles. The molecule has 0 aromatic carbocycles. The fourth-order valence-electron chi connectivity index (χ4n) is 2.79. The minimum atomic E-state index is -0.327. The summed E-state index contributed by atoms with van der Waals surface area (Å²) in [5.74, 6) is 1.05. The zero-order valence-electron chi connectivity index (χ0n) is 12.0. The first-order valence-corrected chi connectivity index (χ1v) is 7.12. The molecule has 2 aliphatic rings. The van der Waals surface area contributed by atoms with E-state index in [0.717, 1.165) is 31.6 Å². The van der Waals surface area contributed by atoms with Crippen LogP contribution in [0.2, 0.25) is 0 Å². The van der Waals surface area contributed by atoms with Crippen LogP contribution in [0.3, 0.4) is 0 Å². The maximum atomic E-state index is 11.7.